The van der Waals surface area contributed by atoms with Crippen LogP contribution in [0.25, 0.3) is 0 Å². The van der Waals surface area contributed by atoms with Crippen molar-refractivity contribution in [1.82, 2.24) is 0 Å². The maximum atomic E-state index is 2.41. The van der Waals surface area contributed by atoms with E-state index in [-0.39, 0.29) is 0 Å². The van der Waals surface area contributed by atoms with Gasteiger partial charge in [-0.1, -0.05) is 139 Å². The van der Waals surface area contributed by atoms with Gasteiger partial charge in [0.1, 0.15) is 0 Å². The molecule has 0 saturated heterocycles. The number of hydrogen-bond acceptors (Lipinski definition) is 0. The average molecular weight is 333 g/mol. The molecule has 0 aliphatic carbocycles. The summed E-state index contributed by atoms with van der Waals surface area (Å²) in [5.74, 6) is 0. The number of rotatable bonds is 15. The smallest absolute Gasteiger partial charge is 0.0654 e. The Morgan fingerprint density at radius 1 is 0.565 bits per heavy atom. The lowest BCUT2D eigenvalue weighted by molar-refractivity contribution is 0.617. The van der Waals surface area contributed by atoms with E-state index < -0.39 is 8.80 Å². The Kier molecular flexibility index (Phi) is 13.4. The van der Waals surface area contributed by atoms with Crippen molar-refractivity contribution in [2.45, 2.75) is 103 Å². The van der Waals surface area contributed by atoms with Gasteiger partial charge in [0.15, 0.2) is 0 Å². The fourth-order valence-electron chi connectivity index (χ4n) is 3.55. The molecule has 0 aromatic heterocycles. The number of unbranched alkanes of at least 4 members (excludes halogenated alkanes) is 10. The van der Waals surface area contributed by atoms with E-state index in [1.165, 1.54) is 89.1 Å². The zero-order valence-electron chi connectivity index (χ0n) is 15.9. The van der Waals surface area contributed by atoms with Gasteiger partial charge in [0.2, 0.25) is 0 Å². The molecule has 1 aromatic rings. The predicted molar refractivity (Wildman–Crippen MR) is 110 cm³/mol. The summed E-state index contributed by atoms with van der Waals surface area (Å²) in [5, 5.41) is 1.72. The van der Waals surface area contributed by atoms with Crippen LogP contribution in [0.3, 0.4) is 0 Å². The van der Waals surface area contributed by atoms with Crippen molar-refractivity contribution in [3.63, 3.8) is 0 Å². The highest BCUT2D eigenvalue weighted by Gasteiger charge is 2.12. The normalized spacial score (nSPS) is 11.3. The minimum Gasteiger partial charge on any atom is -0.0654 e. The van der Waals surface area contributed by atoms with Gasteiger partial charge in [0.25, 0.3) is 0 Å². The van der Waals surface area contributed by atoms with Crippen molar-refractivity contribution in [3.05, 3.63) is 30.3 Å². The Hall–Kier alpha value is -0.563. The minimum absolute atomic E-state index is 0.710. The molecule has 0 unspecified atom stereocenters. The lowest BCUT2D eigenvalue weighted by Crippen LogP contribution is -2.29. The van der Waals surface area contributed by atoms with Crippen LogP contribution in [0.5, 0.6) is 0 Å². The van der Waals surface area contributed by atoms with Crippen LogP contribution >= 0.6 is 0 Å². The summed E-state index contributed by atoms with van der Waals surface area (Å²) < 4.78 is 0. The fraction of sp³-hybridized carbons (Fsp3) is 0.727. The van der Waals surface area contributed by atoms with Crippen LogP contribution in [0.1, 0.15) is 90.9 Å². The van der Waals surface area contributed by atoms with Gasteiger partial charge in [-0.2, -0.15) is 0 Å². The van der Waals surface area contributed by atoms with Gasteiger partial charge >= 0.3 is 0 Å². The van der Waals surface area contributed by atoms with Crippen LogP contribution in [-0.2, 0) is 0 Å². The Bertz CT molecular complexity index is 330. The molecule has 0 N–H and O–H groups in total. The monoisotopic (exact) mass is 332 g/mol. The van der Waals surface area contributed by atoms with Crippen molar-refractivity contribution in [2.24, 2.45) is 0 Å². The third-order valence-electron chi connectivity index (χ3n) is 5.08. The molecule has 0 bridgehead atoms. The molecule has 0 fully saturated rings. The highest BCUT2D eigenvalue weighted by Crippen LogP contribution is 2.15. The Morgan fingerprint density at radius 3 is 1.48 bits per heavy atom. The first-order chi connectivity index (χ1) is 11.4. The molecule has 1 aromatic carbocycles. The SMILES string of the molecule is CCCCCCCC[SiH](CCCCCCCC)c1ccccc1. The standard InChI is InChI=1S/C22H40Si/c1-3-5-7-9-11-16-20-23(22-18-14-13-15-19-22)21-17-12-10-8-6-4-2/h13-15,18-19,23H,3-12,16-17,20-21H2,1-2H3. The molecule has 0 spiro atoms. The van der Waals surface area contributed by atoms with Crippen molar-refractivity contribution in [3.8, 4) is 0 Å². The highest BCUT2D eigenvalue weighted by molar-refractivity contribution is 6.73. The fourth-order valence-corrected chi connectivity index (χ4v) is 6.83. The van der Waals surface area contributed by atoms with Crippen LogP contribution in [0.2, 0.25) is 12.1 Å². The Balaban J connectivity index is 2.26. The molecule has 23 heavy (non-hydrogen) atoms. The van der Waals surface area contributed by atoms with E-state index in [1.807, 2.05) is 0 Å². The second kappa shape index (κ2) is 15.0. The zero-order chi connectivity index (χ0) is 16.6. The second-order valence-electron chi connectivity index (χ2n) is 7.22. The summed E-state index contributed by atoms with van der Waals surface area (Å²) in [7, 11) is -0.710. The molecule has 0 aliphatic rings. The molecule has 0 radical (unpaired) electrons. The van der Waals surface area contributed by atoms with Gasteiger partial charge in [0.05, 0.1) is 8.80 Å². The maximum Gasteiger partial charge on any atom is 0.0708 e. The van der Waals surface area contributed by atoms with E-state index in [1.54, 1.807) is 5.19 Å². The van der Waals surface area contributed by atoms with E-state index in [9.17, 15) is 0 Å². The minimum atomic E-state index is -0.710. The van der Waals surface area contributed by atoms with Gasteiger partial charge < -0.3 is 0 Å². The quantitative estimate of drug-likeness (QED) is 0.243. The molecule has 132 valence electrons. The van der Waals surface area contributed by atoms with E-state index >= 15 is 0 Å². The lowest BCUT2D eigenvalue weighted by atomic mass is 10.1. The van der Waals surface area contributed by atoms with Crippen LogP contribution in [0, 0.1) is 0 Å². The van der Waals surface area contributed by atoms with Crippen molar-refractivity contribution in [1.29, 1.82) is 0 Å². The van der Waals surface area contributed by atoms with Gasteiger partial charge in [-0.3, -0.25) is 0 Å². The maximum absolute atomic E-state index is 2.41. The topological polar surface area (TPSA) is 0 Å². The van der Waals surface area contributed by atoms with Crippen molar-refractivity contribution < 1.29 is 0 Å². The van der Waals surface area contributed by atoms with Crippen LogP contribution in [0.4, 0.5) is 0 Å². The number of hydrogen-bond donors (Lipinski definition) is 0. The third kappa shape index (κ3) is 10.8. The molecule has 0 saturated carbocycles. The zero-order valence-corrected chi connectivity index (χ0v) is 17.0. The second-order valence-corrected chi connectivity index (χ2v) is 10.4. The summed E-state index contributed by atoms with van der Waals surface area (Å²) >= 11 is 0. The summed E-state index contributed by atoms with van der Waals surface area (Å²) in [6.45, 7) is 4.61. The summed E-state index contributed by atoms with van der Waals surface area (Å²) in [5.41, 5.74) is 0. The molecule has 0 aliphatic heterocycles. The van der Waals surface area contributed by atoms with Crippen LogP contribution in [-0.4, -0.2) is 8.80 Å². The van der Waals surface area contributed by atoms with E-state index in [2.05, 4.69) is 44.2 Å². The molecule has 1 heteroatoms. The molecule has 0 heterocycles. The first-order valence-electron chi connectivity index (χ1n) is 10.4. The van der Waals surface area contributed by atoms with Crippen LogP contribution in [0.15, 0.2) is 30.3 Å². The molecule has 1 rings (SSSR count). The van der Waals surface area contributed by atoms with E-state index in [4.69, 9.17) is 0 Å². The molecule has 0 nitrogen and oxygen atoms in total. The first kappa shape index (κ1) is 20.5. The van der Waals surface area contributed by atoms with Gasteiger partial charge in [-0.15, -0.1) is 0 Å². The van der Waals surface area contributed by atoms with Crippen molar-refractivity contribution in [2.75, 3.05) is 0 Å². The predicted octanol–water partition coefficient (Wildman–Crippen LogP) is 6.84. The third-order valence-corrected chi connectivity index (χ3v) is 8.62. The Labute approximate surface area is 147 Å². The average Bonchev–Trinajstić information content (AvgIpc) is 2.60. The summed E-state index contributed by atoms with van der Waals surface area (Å²) in [4.78, 5) is 0. The van der Waals surface area contributed by atoms with Crippen LogP contribution < -0.4 is 5.19 Å². The Morgan fingerprint density at radius 2 is 1.00 bits per heavy atom. The summed E-state index contributed by atoms with van der Waals surface area (Å²) in [6, 6.07) is 14.5. The van der Waals surface area contributed by atoms with Crippen molar-refractivity contribution >= 4 is 14.0 Å². The molecule has 0 amide bonds. The molecule has 0 atom stereocenters. The number of benzene rings is 1. The van der Waals surface area contributed by atoms with E-state index in [0.29, 0.717) is 0 Å². The van der Waals surface area contributed by atoms with E-state index in [0.717, 1.165) is 0 Å². The largest absolute Gasteiger partial charge is 0.0708 e. The molecular weight excluding hydrogens is 292 g/mol. The highest BCUT2D eigenvalue weighted by atomic mass is 28.3. The molecular formula is C22H40Si. The van der Waals surface area contributed by atoms with Gasteiger partial charge in [-0.25, -0.2) is 0 Å². The van der Waals surface area contributed by atoms with Gasteiger partial charge in [0, 0.05) is 0 Å². The lowest BCUT2D eigenvalue weighted by Gasteiger charge is -2.16. The summed E-state index contributed by atoms with van der Waals surface area (Å²) in [6.07, 6.45) is 17.3. The van der Waals surface area contributed by atoms with Gasteiger partial charge in [-0.05, 0) is 0 Å². The first-order valence-corrected chi connectivity index (χ1v) is 12.6.